The van der Waals surface area contributed by atoms with E-state index in [-0.39, 0.29) is 6.47 Å². The molecular formula is C14H13NO2S. The molecule has 0 atom stereocenters. The summed E-state index contributed by atoms with van der Waals surface area (Å²) in [5.41, 5.74) is 2.59. The highest BCUT2D eigenvalue weighted by atomic mass is 32.2. The number of benzene rings is 2. The van der Waals surface area contributed by atoms with Gasteiger partial charge in [-0.2, -0.15) is 0 Å². The van der Waals surface area contributed by atoms with Crippen LogP contribution in [0.2, 0.25) is 0 Å². The summed E-state index contributed by atoms with van der Waals surface area (Å²) in [6.07, 6.45) is 0. The molecule has 0 fully saturated rings. The minimum Gasteiger partial charge on any atom is -0.483 e. The van der Waals surface area contributed by atoms with Crippen LogP contribution < -0.4 is 4.90 Å². The highest BCUT2D eigenvalue weighted by Crippen LogP contribution is 2.46. The molecule has 3 rings (SSSR count). The van der Waals surface area contributed by atoms with Crippen molar-refractivity contribution >= 4 is 29.6 Å². The summed E-state index contributed by atoms with van der Waals surface area (Å²) in [5.74, 6) is 0. The maximum Gasteiger partial charge on any atom is 0.290 e. The van der Waals surface area contributed by atoms with Crippen molar-refractivity contribution in [1.82, 2.24) is 0 Å². The van der Waals surface area contributed by atoms with Crippen LogP contribution in [0.1, 0.15) is 0 Å². The van der Waals surface area contributed by atoms with Gasteiger partial charge in [0.1, 0.15) is 0 Å². The molecule has 1 heterocycles. The summed E-state index contributed by atoms with van der Waals surface area (Å²) < 4.78 is 0. The SMILES string of the molecule is CN1c2ccccc2Sc2ccccc21.O=CO. The summed E-state index contributed by atoms with van der Waals surface area (Å²) in [4.78, 5) is 13.3. The topological polar surface area (TPSA) is 40.5 Å². The first-order valence-electron chi connectivity index (χ1n) is 5.45. The van der Waals surface area contributed by atoms with E-state index in [1.54, 1.807) is 0 Å². The van der Waals surface area contributed by atoms with E-state index in [2.05, 4.69) is 60.5 Å². The number of anilines is 2. The molecule has 4 heteroatoms. The summed E-state index contributed by atoms with van der Waals surface area (Å²) in [6.45, 7) is -0.250. The molecule has 0 saturated carbocycles. The van der Waals surface area contributed by atoms with Gasteiger partial charge in [-0.3, -0.25) is 4.79 Å². The quantitative estimate of drug-likeness (QED) is 0.734. The van der Waals surface area contributed by atoms with Crippen molar-refractivity contribution in [3.05, 3.63) is 48.5 Å². The second-order valence-electron chi connectivity index (χ2n) is 3.70. The molecule has 1 aliphatic heterocycles. The van der Waals surface area contributed by atoms with Gasteiger partial charge in [0.2, 0.25) is 0 Å². The fourth-order valence-corrected chi connectivity index (χ4v) is 3.04. The van der Waals surface area contributed by atoms with Crippen molar-refractivity contribution < 1.29 is 9.90 Å². The molecule has 2 aromatic rings. The number of para-hydroxylation sites is 2. The lowest BCUT2D eigenvalue weighted by Gasteiger charge is -2.29. The molecule has 1 aliphatic rings. The Morgan fingerprint density at radius 1 is 1.00 bits per heavy atom. The van der Waals surface area contributed by atoms with Crippen molar-refractivity contribution in [2.75, 3.05) is 11.9 Å². The molecule has 0 radical (unpaired) electrons. The van der Waals surface area contributed by atoms with Gasteiger partial charge in [0.25, 0.3) is 6.47 Å². The summed E-state index contributed by atoms with van der Waals surface area (Å²) in [7, 11) is 2.12. The molecular weight excluding hydrogens is 246 g/mol. The van der Waals surface area contributed by atoms with Gasteiger partial charge in [-0.15, -0.1) is 0 Å². The largest absolute Gasteiger partial charge is 0.483 e. The van der Waals surface area contributed by atoms with E-state index in [4.69, 9.17) is 9.90 Å². The molecule has 0 amide bonds. The highest BCUT2D eigenvalue weighted by Gasteiger charge is 2.18. The Labute approximate surface area is 110 Å². The summed E-state index contributed by atoms with van der Waals surface area (Å²) >= 11 is 1.84. The zero-order valence-electron chi connectivity index (χ0n) is 9.91. The van der Waals surface area contributed by atoms with E-state index in [0.717, 1.165) is 0 Å². The van der Waals surface area contributed by atoms with E-state index in [1.165, 1.54) is 21.2 Å². The number of hydrogen-bond donors (Lipinski definition) is 1. The fourth-order valence-electron chi connectivity index (χ4n) is 1.89. The Morgan fingerprint density at radius 3 is 1.83 bits per heavy atom. The number of carbonyl (C=O) groups is 1. The van der Waals surface area contributed by atoms with E-state index >= 15 is 0 Å². The van der Waals surface area contributed by atoms with Crippen LogP contribution >= 0.6 is 11.8 Å². The van der Waals surface area contributed by atoms with E-state index in [9.17, 15) is 0 Å². The molecule has 0 aliphatic carbocycles. The van der Waals surface area contributed by atoms with Gasteiger partial charge in [-0.05, 0) is 24.3 Å². The molecule has 0 aromatic heterocycles. The Bertz CT molecular complexity index is 511. The second-order valence-corrected chi connectivity index (χ2v) is 4.79. The standard InChI is InChI=1S/C13H11NS.CH2O2/c1-14-10-6-2-4-8-12(10)15-13-9-5-3-7-11(13)14;2-1-3/h2-9H,1H3;1H,(H,2,3). The van der Waals surface area contributed by atoms with Crippen LogP contribution in [0.25, 0.3) is 0 Å². The first-order valence-corrected chi connectivity index (χ1v) is 6.27. The van der Waals surface area contributed by atoms with Crippen LogP contribution in [0.3, 0.4) is 0 Å². The van der Waals surface area contributed by atoms with Gasteiger partial charge in [0.15, 0.2) is 0 Å². The molecule has 2 aromatic carbocycles. The highest BCUT2D eigenvalue weighted by molar-refractivity contribution is 7.99. The average molecular weight is 259 g/mol. The Kier molecular flexibility index (Phi) is 3.89. The van der Waals surface area contributed by atoms with Gasteiger partial charge in [-0.25, -0.2) is 0 Å². The predicted molar refractivity (Wildman–Crippen MR) is 73.8 cm³/mol. The smallest absolute Gasteiger partial charge is 0.290 e. The third-order valence-corrected chi connectivity index (χ3v) is 3.80. The Hall–Kier alpha value is -1.94. The fraction of sp³-hybridized carbons (Fsp3) is 0.0714. The Morgan fingerprint density at radius 2 is 1.39 bits per heavy atom. The van der Waals surface area contributed by atoms with Gasteiger partial charge < -0.3 is 10.0 Å². The van der Waals surface area contributed by atoms with Crippen LogP contribution in [0.5, 0.6) is 0 Å². The third kappa shape index (κ3) is 2.33. The van der Waals surface area contributed by atoms with E-state index in [0.29, 0.717) is 0 Å². The van der Waals surface area contributed by atoms with Crippen LogP contribution in [0.15, 0.2) is 58.3 Å². The van der Waals surface area contributed by atoms with Gasteiger partial charge >= 0.3 is 0 Å². The van der Waals surface area contributed by atoms with Crippen LogP contribution in [0.4, 0.5) is 11.4 Å². The summed E-state index contributed by atoms with van der Waals surface area (Å²) in [6, 6.07) is 17.0. The molecule has 92 valence electrons. The molecule has 0 saturated heterocycles. The molecule has 0 bridgehead atoms. The monoisotopic (exact) mass is 259 g/mol. The van der Waals surface area contributed by atoms with Gasteiger partial charge in [0.05, 0.1) is 11.4 Å². The lowest BCUT2D eigenvalue weighted by Crippen LogP contribution is -2.14. The summed E-state index contributed by atoms with van der Waals surface area (Å²) in [5, 5.41) is 6.89. The number of rotatable bonds is 0. The third-order valence-electron chi connectivity index (χ3n) is 2.67. The average Bonchev–Trinajstić information content (AvgIpc) is 2.40. The van der Waals surface area contributed by atoms with Crippen molar-refractivity contribution in [3.8, 4) is 0 Å². The van der Waals surface area contributed by atoms with Gasteiger partial charge in [0, 0.05) is 16.8 Å². The van der Waals surface area contributed by atoms with Gasteiger partial charge in [-0.1, -0.05) is 36.0 Å². The minimum absolute atomic E-state index is 0.250. The predicted octanol–water partition coefficient (Wildman–Crippen LogP) is 3.62. The lowest BCUT2D eigenvalue weighted by atomic mass is 10.2. The first kappa shape index (κ1) is 12.5. The van der Waals surface area contributed by atoms with Crippen LogP contribution in [0, 0.1) is 0 Å². The van der Waals surface area contributed by atoms with Crippen molar-refractivity contribution in [2.24, 2.45) is 0 Å². The zero-order valence-corrected chi connectivity index (χ0v) is 10.7. The van der Waals surface area contributed by atoms with Crippen LogP contribution in [-0.4, -0.2) is 18.6 Å². The molecule has 0 spiro atoms. The Balaban J connectivity index is 0.000000367. The molecule has 18 heavy (non-hydrogen) atoms. The maximum absolute atomic E-state index is 8.36. The maximum atomic E-state index is 8.36. The minimum atomic E-state index is -0.250. The van der Waals surface area contributed by atoms with Crippen molar-refractivity contribution in [2.45, 2.75) is 9.79 Å². The first-order chi connectivity index (χ1) is 8.77. The number of hydrogen-bond acceptors (Lipinski definition) is 3. The zero-order chi connectivity index (χ0) is 13.0. The van der Waals surface area contributed by atoms with E-state index in [1.807, 2.05) is 11.8 Å². The number of nitrogens with zero attached hydrogens (tertiary/aromatic N) is 1. The lowest BCUT2D eigenvalue weighted by molar-refractivity contribution is -0.122. The normalized spacial score (nSPS) is 11.7. The van der Waals surface area contributed by atoms with E-state index < -0.39 is 0 Å². The number of fused-ring (bicyclic) bond motifs is 2. The van der Waals surface area contributed by atoms with Crippen molar-refractivity contribution in [1.29, 1.82) is 0 Å². The second kappa shape index (κ2) is 5.60. The molecule has 0 unspecified atom stereocenters. The molecule has 1 N–H and O–H groups in total. The molecule has 3 nitrogen and oxygen atoms in total. The van der Waals surface area contributed by atoms with Crippen molar-refractivity contribution in [3.63, 3.8) is 0 Å². The number of carboxylic acid groups (broad SMARTS) is 1. The van der Waals surface area contributed by atoms with Crippen LogP contribution in [-0.2, 0) is 4.79 Å².